The second-order valence-electron chi connectivity index (χ2n) is 7.87. The van der Waals surface area contributed by atoms with Crippen LogP contribution in [-0.4, -0.2) is 60.1 Å². The van der Waals surface area contributed by atoms with E-state index < -0.39 is 42.2 Å². The molecule has 0 rings (SSSR count). The van der Waals surface area contributed by atoms with Gasteiger partial charge >= 0.3 is 6.18 Å². The van der Waals surface area contributed by atoms with Gasteiger partial charge in [-0.05, 0) is 53.4 Å². The van der Waals surface area contributed by atoms with Crippen molar-refractivity contribution in [2.75, 3.05) is 0 Å². The molecule has 0 spiro atoms. The van der Waals surface area contributed by atoms with Crippen molar-refractivity contribution in [1.82, 2.24) is 16.0 Å². The molecule has 5 atom stereocenters. The third-order valence-electron chi connectivity index (χ3n) is 4.34. The molecule has 0 aliphatic carbocycles. The molecular formula is C18H35F3N6O3. The predicted octanol–water partition coefficient (Wildman–Crippen LogP) is -0.375. The second kappa shape index (κ2) is 12.7. The van der Waals surface area contributed by atoms with Crippen LogP contribution in [0, 0.1) is 0 Å². The fourth-order valence-electron chi connectivity index (χ4n) is 2.49. The summed E-state index contributed by atoms with van der Waals surface area (Å²) in [7, 11) is 0. The number of halogens is 3. The number of carbonyl (C=O) groups is 3. The van der Waals surface area contributed by atoms with Crippen LogP contribution >= 0.6 is 0 Å². The Morgan fingerprint density at radius 3 is 1.43 bits per heavy atom. The number of hydrogen-bond acceptors (Lipinski definition) is 6. The number of nitrogens with one attached hydrogen (secondary N) is 3. The second-order valence-corrected chi connectivity index (χ2v) is 7.87. The Morgan fingerprint density at radius 2 is 1.07 bits per heavy atom. The predicted molar refractivity (Wildman–Crippen MR) is 107 cm³/mol. The molecule has 0 aliphatic rings. The van der Waals surface area contributed by atoms with Crippen molar-refractivity contribution in [2.24, 2.45) is 17.2 Å². The lowest BCUT2D eigenvalue weighted by Crippen LogP contribution is -2.52. The van der Waals surface area contributed by atoms with Crippen LogP contribution < -0.4 is 33.2 Å². The number of rotatable bonds is 12. The summed E-state index contributed by atoms with van der Waals surface area (Å²) in [6.45, 7) is 6.90. The highest BCUT2D eigenvalue weighted by Crippen LogP contribution is 2.18. The first-order valence-corrected chi connectivity index (χ1v) is 9.89. The molecular weight excluding hydrogens is 405 g/mol. The molecule has 3 amide bonds. The number of hydrogen-bond donors (Lipinski definition) is 6. The molecule has 176 valence electrons. The summed E-state index contributed by atoms with van der Waals surface area (Å²) in [6, 6.07) is -5.13. The fraction of sp³-hybridized carbons (Fsp3) is 0.833. The molecule has 9 N–H and O–H groups in total. The molecule has 0 heterocycles. The van der Waals surface area contributed by atoms with E-state index in [1.807, 2.05) is 13.8 Å². The molecule has 0 aromatic heterocycles. The van der Waals surface area contributed by atoms with Gasteiger partial charge in [0.1, 0.15) is 0 Å². The molecule has 0 radical (unpaired) electrons. The lowest BCUT2D eigenvalue weighted by molar-refractivity contribution is -0.163. The van der Waals surface area contributed by atoms with E-state index in [2.05, 4.69) is 16.0 Å². The maximum atomic E-state index is 12.4. The van der Waals surface area contributed by atoms with Gasteiger partial charge in [0.2, 0.25) is 17.7 Å². The molecule has 0 aromatic rings. The zero-order valence-electron chi connectivity index (χ0n) is 17.9. The molecule has 9 nitrogen and oxygen atoms in total. The summed E-state index contributed by atoms with van der Waals surface area (Å²) in [4.78, 5) is 35.4. The van der Waals surface area contributed by atoms with Crippen LogP contribution in [0.1, 0.15) is 53.4 Å². The Hall–Kier alpha value is -1.92. The average molecular weight is 441 g/mol. The molecule has 0 aliphatic heterocycles. The van der Waals surface area contributed by atoms with Crippen LogP contribution in [0.4, 0.5) is 13.2 Å². The molecule has 1 unspecified atom stereocenters. The number of alkyl halides is 3. The standard InChI is InChI=1S/C18H35F3N6O3/c1-9(2)25-15(28)12(22)7-5-10(3)26-16(29)13(23)8-6-11(4)27-17(30)14(24)18(19,20)21/h9-14H,5-8,22-24H2,1-4H3,(H,25,28)(H,26,29)(H,27,30)/t10-,11?,12-,13+,14+/m0/s1. The van der Waals surface area contributed by atoms with Gasteiger partial charge < -0.3 is 33.2 Å². The average Bonchev–Trinajstić information content (AvgIpc) is 2.61. The van der Waals surface area contributed by atoms with E-state index >= 15 is 0 Å². The summed E-state index contributed by atoms with van der Waals surface area (Å²) >= 11 is 0. The van der Waals surface area contributed by atoms with Crippen LogP contribution in [0.5, 0.6) is 0 Å². The molecule has 0 saturated heterocycles. The summed E-state index contributed by atoms with van der Waals surface area (Å²) in [6.07, 6.45) is -3.64. The van der Waals surface area contributed by atoms with Gasteiger partial charge in [0.05, 0.1) is 12.1 Å². The van der Waals surface area contributed by atoms with Crippen LogP contribution in [0.25, 0.3) is 0 Å². The van der Waals surface area contributed by atoms with Crippen molar-refractivity contribution in [3.63, 3.8) is 0 Å². The summed E-state index contributed by atoms with van der Waals surface area (Å²) in [5.74, 6) is -2.03. The summed E-state index contributed by atoms with van der Waals surface area (Å²) in [5, 5.41) is 7.57. The van der Waals surface area contributed by atoms with Gasteiger partial charge in [0, 0.05) is 18.1 Å². The van der Waals surface area contributed by atoms with Crippen molar-refractivity contribution in [2.45, 2.75) is 95.8 Å². The lowest BCUT2D eigenvalue weighted by Gasteiger charge is -2.22. The molecule has 0 saturated carbocycles. The quantitative estimate of drug-likeness (QED) is 0.242. The zero-order valence-corrected chi connectivity index (χ0v) is 17.9. The van der Waals surface area contributed by atoms with E-state index in [0.717, 1.165) is 0 Å². The first kappa shape index (κ1) is 28.1. The van der Waals surface area contributed by atoms with Crippen LogP contribution in [0.15, 0.2) is 0 Å². The first-order valence-electron chi connectivity index (χ1n) is 9.89. The SMILES string of the molecule is CC(C)NC(=O)[C@@H](N)CC[C@H](C)NC(=O)[C@H](N)CCC(C)NC(=O)[C@@H](N)C(F)(F)F. The normalized spacial score (nSPS) is 16.9. The van der Waals surface area contributed by atoms with Crippen LogP contribution in [-0.2, 0) is 14.4 Å². The van der Waals surface area contributed by atoms with Gasteiger partial charge in [-0.15, -0.1) is 0 Å². The van der Waals surface area contributed by atoms with E-state index in [1.54, 1.807) is 6.92 Å². The zero-order chi connectivity index (χ0) is 23.6. The van der Waals surface area contributed by atoms with Gasteiger partial charge in [-0.25, -0.2) is 0 Å². The minimum absolute atomic E-state index is 0.0185. The van der Waals surface area contributed by atoms with E-state index in [1.165, 1.54) is 6.92 Å². The van der Waals surface area contributed by atoms with Gasteiger partial charge in [0.15, 0.2) is 6.04 Å². The third-order valence-corrected chi connectivity index (χ3v) is 4.34. The monoisotopic (exact) mass is 440 g/mol. The van der Waals surface area contributed by atoms with Crippen LogP contribution in [0.3, 0.4) is 0 Å². The Kier molecular flexibility index (Phi) is 11.9. The first-order chi connectivity index (χ1) is 13.6. The lowest BCUT2D eigenvalue weighted by atomic mass is 10.0. The highest BCUT2D eigenvalue weighted by molar-refractivity contribution is 5.83. The van der Waals surface area contributed by atoms with Crippen molar-refractivity contribution < 1.29 is 27.6 Å². The molecule has 0 fully saturated rings. The van der Waals surface area contributed by atoms with Crippen molar-refractivity contribution >= 4 is 17.7 Å². The van der Waals surface area contributed by atoms with E-state index in [9.17, 15) is 27.6 Å². The van der Waals surface area contributed by atoms with E-state index in [0.29, 0.717) is 12.8 Å². The van der Waals surface area contributed by atoms with Crippen molar-refractivity contribution in [3.05, 3.63) is 0 Å². The van der Waals surface area contributed by atoms with Gasteiger partial charge in [-0.1, -0.05) is 0 Å². The Morgan fingerprint density at radius 1 is 0.700 bits per heavy atom. The smallest absolute Gasteiger partial charge is 0.353 e. The van der Waals surface area contributed by atoms with Gasteiger partial charge in [0.25, 0.3) is 0 Å². The number of carbonyl (C=O) groups excluding carboxylic acids is 3. The Labute approximate surface area is 175 Å². The van der Waals surface area contributed by atoms with Gasteiger partial charge in [-0.2, -0.15) is 13.2 Å². The highest BCUT2D eigenvalue weighted by atomic mass is 19.4. The minimum atomic E-state index is -4.83. The fourth-order valence-corrected chi connectivity index (χ4v) is 2.49. The highest BCUT2D eigenvalue weighted by Gasteiger charge is 2.42. The van der Waals surface area contributed by atoms with Gasteiger partial charge in [-0.3, -0.25) is 14.4 Å². The number of amides is 3. The molecule has 0 aromatic carbocycles. The van der Waals surface area contributed by atoms with Crippen molar-refractivity contribution in [3.8, 4) is 0 Å². The minimum Gasteiger partial charge on any atom is -0.353 e. The topological polar surface area (TPSA) is 165 Å². The third kappa shape index (κ3) is 11.3. The van der Waals surface area contributed by atoms with Crippen LogP contribution in [0.2, 0.25) is 0 Å². The van der Waals surface area contributed by atoms with E-state index in [-0.39, 0.29) is 30.8 Å². The Bertz CT molecular complexity index is 574. The maximum absolute atomic E-state index is 12.4. The van der Waals surface area contributed by atoms with Crippen molar-refractivity contribution in [1.29, 1.82) is 0 Å². The summed E-state index contributed by atoms with van der Waals surface area (Å²) in [5.41, 5.74) is 16.5. The Balaban J connectivity index is 4.29. The molecule has 12 heteroatoms. The summed E-state index contributed by atoms with van der Waals surface area (Å²) < 4.78 is 37.2. The maximum Gasteiger partial charge on any atom is 0.412 e. The van der Waals surface area contributed by atoms with E-state index in [4.69, 9.17) is 17.2 Å². The molecule has 0 bridgehead atoms. The number of nitrogens with two attached hydrogens (primary N) is 3. The largest absolute Gasteiger partial charge is 0.412 e. The molecule has 30 heavy (non-hydrogen) atoms.